The number of hydrogen-bond donors (Lipinski definition) is 1. The van der Waals surface area contributed by atoms with E-state index >= 15 is 0 Å². The van der Waals surface area contributed by atoms with E-state index in [1.165, 1.54) is 28.6 Å². The number of hydrogen-bond acceptors (Lipinski definition) is 5. The predicted octanol–water partition coefficient (Wildman–Crippen LogP) is 3.12. The second-order valence-electron chi connectivity index (χ2n) is 8.11. The van der Waals surface area contributed by atoms with Crippen LogP contribution >= 0.6 is 11.6 Å². The molecule has 1 N–H and O–H groups in total. The average Bonchev–Trinajstić information content (AvgIpc) is 2.74. The first kappa shape index (κ1) is 24.0. The Balaban J connectivity index is 1.70. The summed E-state index contributed by atoms with van der Waals surface area (Å²) in [7, 11) is -3.83. The molecule has 0 spiro atoms. The van der Waals surface area contributed by atoms with Crippen molar-refractivity contribution < 1.29 is 27.9 Å². The Hall–Kier alpha value is -2.62. The van der Waals surface area contributed by atoms with Gasteiger partial charge < -0.3 is 14.7 Å². The van der Waals surface area contributed by atoms with Crippen LogP contribution in [0.15, 0.2) is 53.4 Å². The third-order valence-electron chi connectivity index (χ3n) is 5.26. The molecule has 0 radical (unpaired) electrons. The fraction of sp³-hybridized carbons (Fsp3) is 0.364. The summed E-state index contributed by atoms with van der Waals surface area (Å²) in [5.74, 6) is -0.869. The molecule has 1 unspecified atom stereocenters. The summed E-state index contributed by atoms with van der Waals surface area (Å²) < 4.78 is 33.3. The molecule has 1 aliphatic heterocycles. The van der Waals surface area contributed by atoms with E-state index < -0.39 is 27.6 Å². The number of ether oxygens (including phenoxy) is 1. The van der Waals surface area contributed by atoms with Crippen molar-refractivity contribution in [2.24, 2.45) is 0 Å². The Morgan fingerprint density at radius 2 is 1.66 bits per heavy atom. The van der Waals surface area contributed by atoms with Crippen LogP contribution in [0.3, 0.4) is 0 Å². The average molecular weight is 481 g/mol. The van der Waals surface area contributed by atoms with E-state index in [9.17, 15) is 18.0 Å². The lowest BCUT2D eigenvalue weighted by molar-refractivity contribution is -0.147. The molecule has 0 aromatic heterocycles. The van der Waals surface area contributed by atoms with Gasteiger partial charge in [0.05, 0.1) is 10.5 Å². The van der Waals surface area contributed by atoms with Gasteiger partial charge in [0.1, 0.15) is 5.75 Å². The SMILES string of the molecule is CC1CN(C(=O)C(C)(C)Oc2ccc(Cl)cc2)CCN1S(=O)(=O)c1ccc(C(=O)O)cc1. The molecular weight excluding hydrogens is 456 g/mol. The minimum absolute atomic E-state index is 0.00957. The molecule has 0 saturated carbocycles. The molecule has 10 heteroatoms. The van der Waals surface area contributed by atoms with Gasteiger partial charge in [0.25, 0.3) is 5.91 Å². The lowest BCUT2D eigenvalue weighted by Gasteiger charge is -2.41. The zero-order chi connectivity index (χ0) is 23.7. The Bertz CT molecular complexity index is 1100. The van der Waals surface area contributed by atoms with E-state index in [1.54, 1.807) is 49.9 Å². The highest BCUT2D eigenvalue weighted by Gasteiger charge is 2.40. The molecule has 0 bridgehead atoms. The summed E-state index contributed by atoms with van der Waals surface area (Å²) in [5.41, 5.74) is -1.14. The summed E-state index contributed by atoms with van der Waals surface area (Å²) >= 11 is 5.89. The van der Waals surface area contributed by atoms with E-state index in [2.05, 4.69) is 0 Å². The fourth-order valence-electron chi connectivity index (χ4n) is 3.61. The highest BCUT2D eigenvalue weighted by atomic mass is 35.5. The lowest BCUT2D eigenvalue weighted by Crippen LogP contribution is -2.59. The number of nitrogens with zero attached hydrogens (tertiary/aromatic N) is 2. The quantitative estimate of drug-likeness (QED) is 0.681. The Kier molecular flexibility index (Phi) is 6.83. The fourth-order valence-corrected chi connectivity index (χ4v) is 5.35. The van der Waals surface area contributed by atoms with E-state index in [0.717, 1.165) is 0 Å². The smallest absolute Gasteiger partial charge is 0.335 e. The summed E-state index contributed by atoms with van der Waals surface area (Å²) in [6.45, 7) is 5.60. The van der Waals surface area contributed by atoms with Crippen LogP contribution in [0.5, 0.6) is 5.75 Å². The van der Waals surface area contributed by atoms with Crippen molar-refractivity contribution in [1.29, 1.82) is 0 Å². The highest BCUT2D eigenvalue weighted by Crippen LogP contribution is 2.26. The number of carbonyl (C=O) groups excluding carboxylic acids is 1. The number of carbonyl (C=O) groups is 2. The zero-order valence-corrected chi connectivity index (χ0v) is 19.6. The van der Waals surface area contributed by atoms with Crippen molar-refractivity contribution in [1.82, 2.24) is 9.21 Å². The maximum atomic E-state index is 13.1. The van der Waals surface area contributed by atoms with E-state index in [0.29, 0.717) is 10.8 Å². The minimum atomic E-state index is -3.83. The number of sulfonamides is 1. The first-order valence-electron chi connectivity index (χ1n) is 10.0. The number of piperazine rings is 1. The van der Waals surface area contributed by atoms with Crippen LogP contribution in [0, 0.1) is 0 Å². The molecule has 172 valence electrons. The molecule has 3 rings (SSSR count). The molecule has 1 aliphatic rings. The molecule has 1 fully saturated rings. The first-order chi connectivity index (χ1) is 14.9. The normalized spacial score (nSPS) is 17.8. The third kappa shape index (κ3) is 5.06. The Labute approximate surface area is 192 Å². The number of halogens is 1. The van der Waals surface area contributed by atoms with Gasteiger partial charge in [0, 0.05) is 30.7 Å². The van der Waals surface area contributed by atoms with E-state index in [4.69, 9.17) is 21.4 Å². The lowest BCUT2D eigenvalue weighted by atomic mass is 10.1. The summed E-state index contributed by atoms with van der Waals surface area (Å²) in [6.07, 6.45) is 0. The topological polar surface area (TPSA) is 104 Å². The van der Waals surface area contributed by atoms with Crippen molar-refractivity contribution in [3.63, 3.8) is 0 Å². The summed E-state index contributed by atoms with van der Waals surface area (Å²) in [6, 6.07) is 11.3. The van der Waals surface area contributed by atoms with Crippen molar-refractivity contribution in [3.8, 4) is 5.75 Å². The second kappa shape index (κ2) is 9.09. The summed E-state index contributed by atoms with van der Waals surface area (Å²) in [4.78, 5) is 25.7. The monoisotopic (exact) mass is 480 g/mol. The molecule has 2 aromatic carbocycles. The predicted molar refractivity (Wildman–Crippen MR) is 119 cm³/mol. The Morgan fingerprint density at radius 1 is 1.06 bits per heavy atom. The van der Waals surface area contributed by atoms with Gasteiger partial charge in [-0.2, -0.15) is 4.31 Å². The minimum Gasteiger partial charge on any atom is -0.478 e. The van der Waals surface area contributed by atoms with Gasteiger partial charge in [0.2, 0.25) is 10.0 Å². The van der Waals surface area contributed by atoms with Crippen molar-refractivity contribution in [2.45, 2.75) is 37.3 Å². The van der Waals surface area contributed by atoms with Gasteiger partial charge >= 0.3 is 5.97 Å². The molecule has 32 heavy (non-hydrogen) atoms. The van der Waals surface area contributed by atoms with Crippen LogP contribution < -0.4 is 4.74 Å². The van der Waals surface area contributed by atoms with Crippen molar-refractivity contribution in [3.05, 3.63) is 59.1 Å². The summed E-state index contributed by atoms with van der Waals surface area (Å²) in [5, 5.41) is 9.57. The molecule has 0 aliphatic carbocycles. The number of aromatic carboxylic acids is 1. The maximum absolute atomic E-state index is 13.1. The van der Waals surface area contributed by atoms with Gasteiger partial charge in [0.15, 0.2) is 5.60 Å². The first-order valence-corrected chi connectivity index (χ1v) is 11.8. The van der Waals surface area contributed by atoms with Crippen LogP contribution in [0.25, 0.3) is 0 Å². The number of carboxylic acid groups (broad SMARTS) is 1. The van der Waals surface area contributed by atoms with Crippen molar-refractivity contribution in [2.75, 3.05) is 19.6 Å². The van der Waals surface area contributed by atoms with Crippen molar-refractivity contribution >= 4 is 33.5 Å². The molecule has 1 amide bonds. The largest absolute Gasteiger partial charge is 0.478 e. The second-order valence-corrected chi connectivity index (χ2v) is 10.4. The van der Waals surface area contributed by atoms with Gasteiger partial charge in [-0.15, -0.1) is 0 Å². The molecular formula is C22H25ClN2O6S. The number of amides is 1. The number of benzene rings is 2. The molecule has 1 saturated heterocycles. The Morgan fingerprint density at radius 3 is 2.19 bits per heavy atom. The molecule has 1 heterocycles. The van der Waals surface area contributed by atoms with Crippen LogP contribution in [0.4, 0.5) is 0 Å². The van der Waals surface area contributed by atoms with Crippen LogP contribution in [-0.4, -0.2) is 65.9 Å². The molecule has 8 nitrogen and oxygen atoms in total. The van der Waals surface area contributed by atoms with E-state index in [-0.39, 0.29) is 36.0 Å². The standard InChI is InChI=1S/C22H25ClN2O6S/c1-15-14-24(21(28)22(2,3)31-18-8-6-17(23)7-9-18)12-13-25(15)32(29,30)19-10-4-16(5-11-19)20(26)27/h4-11,15H,12-14H2,1-3H3,(H,26,27). The van der Waals surface area contributed by atoms with Gasteiger partial charge in [-0.3, -0.25) is 4.79 Å². The van der Waals surface area contributed by atoms with E-state index in [1.807, 2.05) is 0 Å². The van der Waals surface area contributed by atoms with Gasteiger partial charge in [-0.05, 0) is 69.3 Å². The zero-order valence-electron chi connectivity index (χ0n) is 18.0. The maximum Gasteiger partial charge on any atom is 0.335 e. The van der Waals surface area contributed by atoms with Crippen LogP contribution in [0.2, 0.25) is 5.02 Å². The van der Waals surface area contributed by atoms with Crippen LogP contribution in [-0.2, 0) is 14.8 Å². The van der Waals surface area contributed by atoms with Gasteiger partial charge in [-0.25, -0.2) is 13.2 Å². The van der Waals surface area contributed by atoms with Crippen LogP contribution in [0.1, 0.15) is 31.1 Å². The number of carboxylic acids is 1. The highest BCUT2D eigenvalue weighted by molar-refractivity contribution is 7.89. The third-order valence-corrected chi connectivity index (χ3v) is 7.54. The van der Waals surface area contributed by atoms with Gasteiger partial charge in [-0.1, -0.05) is 11.6 Å². The number of rotatable bonds is 6. The molecule has 1 atom stereocenters. The molecule has 2 aromatic rings.